The third-order valence-corrected chi connectivity index (χ3v) is 3.91. The van der Waals surface area contributed by atoms with Crippen molar-refractivity contribution < 1.29 is 24.6 Å². The van der Waals surface area contributed by atoms with E-state index < -0.39 is 11.9 Å². The highest BCUT2D eigenvalue weighted by Gasteiger charge is 2.25. The van der Waals surface area contributed by atoms with Gasteiger partial charge < -0.3 is 20.0 Å². The maximum Gasteiger partial charge on any atom is 0.323 e. The molecule has 124 valence electrons. The molecule has 2 N–H and O–H groups in total. The van der Waals surface area contributed by atoms with Crippen molar-refractivity contribution in [3.05, 3.63) is 23.3 Å². The van der Waals surface area contributed by atoms with Crippen molar-refractivity contribution in [2.24, 2.45) is 0 Å². The minimum absolute atomic E-state index is 0.0695. The highest BCUT2D eigenvalue weighted by molar-refractivity contribution is 5.97. The van der Waals surface area contributed by atoms with Gasteiger partial charge in [-0.05, 0) is 43.5 Å². The molecule has 0 fully saturated rings. The molecular formula is C16H20N2O5. The van der Waals surface area contributed by atoms with Crippen LogP contribution in [0.25, 0.3) is 0 Å². The summed E-state index contributed by atoms with van der Waals surface area (Å²) in [4.78, 5) is 37.0. The summed E-state index contributed by atoms with van der Waals surface area (Å²) in [7, 11) is 0. The number of carboxylic acid groups (broad SMARTS) is 2. The molecule has 1 aromatic carbocycles. The molecular weight excluding hydrogens is 300 g/mol. The van der Waals surface area contributed by atoms with E-state index in [9.17, 15) is 14.4 Å². The Bertz CT molecular complexity index is 640. The molecule has 7 nitrogen and oxygen atoms in total. The maximum atomic E-state index is 12.0. The SMILES string of the molecule is CCN1C(=O)CCc2cc(N(CC(=O)O)CC(=O)O)c(C)cc21. The predicted octanol–water partition coefficient (Wildman–Crippen LogP) is 1.27. The first kappa shape index (κ1) is 16.8. The molecule has 2 rings (SSSR count). The average molecular weight is 320 g/mol. The van der Waals surface area contributed by atoms with Crippen LogP contribution in [-0.4, -0.2) is 47.7 Å². The number of rotatable bonds is 6. The lowest BCUT2D eigenvalue weighted by Gasteiger charge is -2.31. The zero-order valence-electron chi connectivity index (χ0n) is 13.2. The molecule has 0 bridgehead atoms. The molecule has 0 atom stereocenters. The second kappa shape index (κ2) is 6.68. The van der Waals surface area contributed by atoms with Gasteiger partial charge in [0.25, 0.3) is 0 Å². The Morgan fingerprint density at radius 2 is 1.78 bits per heavy atom. The number of amides is 1. The van der Waals surface area contributed by atoms with Crippen LogP contribution >= 0.6 is 0 Å². The lowest BCUT2D eigenvalue weighted by Crippen LogP contribution is -2.37. The van der Waals surface area contributed by atoms with E-state index in [1.54, 1.807) is 11.8 Å². The summed E-state index contributed by atoms with van der Waals surface area (Å²) in [6.07, 6.45) is 0.979. The van der Waals surface area contributed by atoms with E-state index in [1.807, 2.05) is 19.1 Å². The van der Waals surface area contributed by atoms with Crippen LogP contribution in [0.2, 0.25) is 0 Å². The lowest BCUT2D eigenvalue weighted by molar-refractivity contribution is -0.136. The van der Waals surface area contributed by atoms with Gasteiger partial charge in [-0.25, -0.2) is 0 Å². The molecule has 23 heavy (non-hydrogen) atoms. The first-order valence-electron chi connectivity index (χ1n) is 7.46. The summed E-state index contributed by atoms with van der Waals surface area (Å²) >= 11 is 0. The van der Waals surface area contributed by atoms with Gasteiger partial charge in [0, 0.05) is 24.3 Å². The normalized spacial score (nSPS) is 13.7. The minimum atomic E-state index is -1.09. The first-order chi connectivity index (χ1) is 10.8. The first-order valence-corrected chi connectivity index (χ1v) is 7.46. The zero-order chi connectivity index (χ0) is 17.1. The quantitative estimate of drug-likeness (QED) is 0.819. The van der Waals surface area contributed by atoms with E-state index >= 15 is 0 Å². The molecule has 7 heteroatoms. The third-order valence-electron chi connectivity index (χ3n) is 3.91. The lowest BCUT2D eigenvalue weighted by atomic mass is 9.97. The smallest absolute Gasteiger partial charge is 0.323 e. The van der Waals surface area contributed by atoms with Crippen molar-refractivity contribution in [1.82, 2.24) is 0 Å². The number of carbonyl (C=O) groups excluding carboxylic acids is 1. The second-order valence-corrected chi connectivity index (χ2v) is 5.55. The van der Waals surface area contributed by atoms with Gasteiger partial charge in [0.15, 0.2) is 0 Å². The van der Waals surface area contributed by atoms with Gasteiger partial charge in [0.1, 0.15) is 13.1 Å². The fourth-order valence-electron chi connectivity index (χ4n) is 2.93. The Kier molecular flexibility index (Phi) is 4.88. The average Bonchev–Trinajstić information content (AvgIpc) is 2.45. The molecule has 0 unspecified atom stereocenters. The van der Waals surface area contributed by atoms with E-state index in [0.717, 1.165) is 16.8 Å². The fraction of sp³-hybridized carbons (Fsp3) is 0.438. The van der Waals surface area contributed by atoms with Crippen molar-refractivity contribution in [3.63, 3.8) is 0 Å². The molecule has 1 aliphatic heterocycles. The minimum Gasteiger partial charge on any atom is -0.480 e. The van der Waals surface area contributed by atoms with Crippen molar-refractivity contribution >= 4 is 29.2 Å². The summed E-state index contributed by atoms with van der Waals surface area (Å²) in [6.45, 7) is 3.49. The van der Waals surface area contributed by atoms with E-state index in [1.165, 1.54) is 4.90 Å². The summed E-state index contributed by atoms with van der Waals surface area (Å²) in [5, 5.41) is 18.0. The summed E-state index contributed by atoms with van der Waals surface area (Å²) in [6, 6.07) is 3.65. The van der Waals surface area contributed by atoms with Gasteiger partial charge >= 0.3 is 11.9 Å². The molecule has 0 saturated heterocycles. The van der Waals surface area contributed by atoms with Crippen LogP contribution in [0.3, 0.4) is 0 Å². The van der Waals surface area contributed by atoms with Gasteiger partial charge in [-0.2, -0.15) is 0 Å². The van der Waals surface area contributed by atoms with Crippen molar-refractivity contribution in [1.29, 1.82) is 0 Å². The number of nitrogens with zero attached hydrogens (tertiary/aromatic N) is 2. The Labute approximate surface area is 134 Å². The maximum absolute atomic E-state index is 12.0. The second-order valence-electron chi connectivity index (χ2n) is 5.55. The number of aliphatic carboxylic acids is 2. The van der Waals surface area contributed by atoms with E-state index in [-0.39, 0.29) is 19.0 Å². The number of hydrogen-bond donors (Lipinski definition) is 2. The molecule has 1 aliphatic rings. The van der Waals surface area contributed by atoms with Crippen molar-refractivity contribution in [2.45, 2.75) is 26.7 Å². The number of aryl methyl sites for hydroxylation is 2. The predicted molar refractivity (Wildman–Crippen MR) is 85.0 cm³/mol. The van der Waals surface area contributed by atoms with Gasteiger partial charge in [-0.15, -0.1) is 0 Å². The van der Waals surface area contributed by atoms with Crippen LogP contribution < -0.4 is 9.80 Å². The monoisotopic (exact) mass is 320 g/mol. The molecule has 0 saturated carbocycles. The number of benzene rings is 1. The van der Waals surface area contributed by atoms with Crippen molar-refractivity contribution in [3.8, 4) is 0 Å². The molecule has 1 amide bonds. The third kappa shape index (κ3) is 3.61. The van der Waals surface area contributed by atoms with Crippen LogP contribution in [0.4, 0.5) is 11.4 Å². The standard InChI is InChI=1S/C16H20N2O5/c1-3-18-13-6-10(2)12(7-11(13)4-5-14(18)19)17(8-15(20)21)9-16(22)23/h6-7H,3-5,8-9H2,1-2H3,(H,20,21)(H,22,23). The molecule has 0 radical (unpaired) electrons. The Hall–Kier alpha value is -2.57. The Balaban J connectivity index is 2.45. The van der Waals surface area contributed by atoms with Crippen LogP contribution in [0.1, 0.15) is 24.5 Å². The number of carboxylic acids is 2. The van der Waals surface area contributed by atoms with E-state index in [2.05, 4.69) is 0 Å². The van der Waals surface area contributed by atoms with Crippen LogP contribution in [-0.2, 0) is 20.8 Å². The molecule has 1 heterocycles. The van der Waals surface area contributed by atoms with Gasteiger partial charge in [0.2, 0.25) is 5.91 Å². The Morgan fingerprint density at radius 1 is 1.17 bits per heavy atom. The largest absolute Gasteiger partial charge is 0.480 e. The van der Waals surface area contributed by atoms with Gasteiger partial charge in [-0.1, -0.05) is 0 Å². The Morgan fingerprint density at radius 3 is 2.30 bits per heavy atom. The zero-order valence-corrected chi connectivity index (χ0v) is 13.2. The number of fused-ring (bicyclic) bond motifs is 1. The van der Waals surface area contributed by atoms with Crippen molar-refractivity contribution in [2.75, 3.05) is 29.4 Å². The molecule has 0 aromatic heterocycles. The summed E-state index contributed by atoms with van der Waals surface area (Å²) in [5.74, 6) is -2.11. The highest BCUT2D eigenvalue weighted by atomic mass is 16.4. The van der Waals surface area contributed by atoms with Crippen LogP contribution in [0.15, 0.2) is 12.1 Å². The van der Waals surface area contributed by atoms with E-state index in [4.69, 9.17) is 10.2 Å². The van der Waals surface area contributed by atoms with Crippen LogP contribution in [0.5, 0.6) is 0 Å². The molecule has 1 aromatic rings. The fourth-order valence-corrected chi connectivity index (χ4v) is 2.93. The number of hydrogen-bond acceptors (Lipinski definition) is 4. The van der Waals surface area contributed by atoms with E-state index in [0.29, 0.717) is 25.1 Å². The van der Waals surface area contributed by atoms with Gasteiger partial charge in [-0.3, -0.25) is 14.4 Å². The summed E-state index contributed by atoms with van der Waals surface area (Å²) < 4.78 is 0. The van der Waals surface area contributed by atoms with Gasteiger partial charge in [0.05, 0.1) is 0 Å². The highest BCUT2D eigenvalue weighted by Crippen LogP contribution is 2.34. The topological polar surface area (TPSA) is 98.2 Å². The van der Waals surface area contributed by atoms with Crippen LogP contribution in [0, 0.1) is 6.92 Å². The summed E-state index contributed by atoms with van der Waals surface area (Å²) in [5.41, 5.74) is 3.10. The number of carbonyl (C=O) groups is 3. The number of anilines is 2. The molecule has 0 spiro atoms. The molecule has 0 aliphatic carbocycles.